The Kier molecular flexibility index (Phi) is 5.47. The molecule has 0 spiro atoms. The molecule has 0 saturated heterocycles. The molecular weight excluding hydrogens is 298 g/mol. The Morgan fingerprint density at radius 2 is 1.91 bits per heavy atom. The third kappa shape index (κ3) is 4.37. The van der Waals surface area contributed by atoms with Gasteiger partial charge in [-0.3, -0.25) is 9.59 Å². The van der Waals surface area contributed by atoms with Crippen LogP contribution in [0.15, 0.2) is 18.2 Å². The van der Waals surface area contributed by atoms with E-state index in [1.165, 1.54) is 0 Å². The highest BCUT2D eigenvalue weighted by Gasteiger charge is 2.37. The summed E-state index contributed by atoms with van der Waals surface area (Å²) in [5, 5.41) is 12.0. The maximum Gasteiger partial charge on any atom is 0.305 e. The maximum absolute atomic E-state index is 12.4. The van der Waals surface area contributed by atoms with Gasteiger partial charge in [-0.15, -0.1) is 0 Å². The van der Waals surface area contributed by atoms with Crippen molar-refractivity contribution in [3.05, 3.63) is 23.8 Å². The first-order valence-electron chi connectivity index (χ1n) is 7.72. The number of hydrogen-bond acceptors (Lipinski definition) is 4. The van der Waals surface area contributed by atoms with E-state index >= 15 is 0 Å². The Morgan fingerprint density at radius 3 is 2.48 bits per heavy atom. The monoisotopic (exact) mass is 321 g/mol. The molecular formula is C17H23NO5. The van der Waals surface area contributed by atoms with Crippen molar-refractivity contribution in [3.63, 3.8) is 0 Å². The van der Waals surface area contributed by atoms with Crippen molar-refractivity contribution in [2.24, 2.45) is 0 Å². The highest BCUT2D eigenvalue weighted by atomic mass is 16.5. The fourth-order valence-electron chi connectivity index (χ4n) is 3.22. The van der Waals surface area contributed by atoms with Gasteiger partial charge in [0.15, 0.2) is 0 Å². The number of carbonyl (C=O) groups excluding carboxylic acids is 1. The molecule has 1 aliphatic rings. The average molecular weight is 321 g/mol. The van der Waals surface area contributed by atoms with Crippen LogP contribution in [0.25, 0.3) is 0 Å². The molecule has 0 unspecified atom stereocenters. The summed E-state index contributed by atoms with van der Waals surface area (Å²) in [7, 11) is 3.11. The van der Waals surface area contributed by atoms with E-state index in [9.17, 15) is 9.59 Å². The number of methoxy groups -OCH3 is 2. The number of carboxylic acid groups (broad SMARTS) is 1. The van der Waals surface area contributed by atoms with Crippen molar-refractivity contribution in [2.45, 2.75) is 44.1 Å². The first kappa shape index (κ1) is 17.1. The summed E-state index contributed by atoms with van der Waals surface area (Å²) in [6.07, 6.45) is 3.39. The van der Waals surface area contributed by atoms with Crippen LogP contribution >= 0.6 is 0 Å². The SMILES string of the molecule is COc1ccc(OC)c(CC(=O)NC2(CC(=O)O)CCCC2)c1. The number of nitrogens with one attached hydrogen (secondary N) is 1. The summed E-state index contributed by atoms with van der Waals surface area (Å²) in [6.45, 7) is 0. The van der Waals surface area contributed by atoms with Gasteiger partial charge in [-0.05, 0) is 31.0 Å². The molecule has 6 heteroatoms. The van der Waals surface area contributed by atoms with Crippen LogP contribution in [-0.2, 0) is 16.0 Å². The van der Waals surface area contributed by atoms with E-state index < -0.39 is 11.5 Å². The maximum atomic E-state index is 12.4. The van der Waals surface area contributed by atoms with E-state index in [0.717, 1.165) is 12.8 Å². The van der Waals surface area contributed by atoms with Crippen molar-refractivity contribution in [1.82, 2.24) is 5.32 Å². The van der Waals surface area contributed by atoms with E-state index in [4.69, 9.17) is 14.6 Å². The second kappa shape index (κ2) is 7.35. The van der Waals surface area contributed by atoms with Crippen LogP contribution in [-0.4, -0.2) is 36.7 Å². The van der Waals surface area contributed by atoms with Gasteiger partial charge >= 0.3 is 5.97 Å². The van der Waals surface area contributed by atoms with Crippen LogP contribution in [0.1, 0.15) is 37.7 Å². The van der Waals surface area contributed by atoms with Crippen LogP contribution in [0, 0.1) is 0 Å². The molecule has 0 aromatic heterocycles. The number of ether oxygens (including phenoxy) is 2. The normalized spacial score (nSPS) is 15.9. The summed E-state index contributed by atoms with van der Waals surface area (Å²) in [6, 6.07) is 5.28. The van der Waals surface area contributed by atoms with Gasteiger partial charge in [0, 0.05) is 5.56 Å². The molecule has 1 aromatic rings. The smallest absolute Gasteiger partial charge is 0.305 e. The number of carbonyl (C=O) groups is 2. The van der Waals surface area contributed by atoms with E-state index in [2.05, 4.69) is 5.32 Å². The number of carboxylic acids is 1. The Balaban J connectivity index is 2.10. The largest absolute Gasteiger partial charge is 0.497 e. The Morgan fingerprint density at radius 1 is 1.22 bits per heavy atom. The summed E-state index contributed by atoms with van der Waals surface area (Å²) < 4.78 is 10.5. The van der Waals surface area contributed by atoms with E-state index in [1.807, 2.05) is 0 Å². The van der Waals surface area contributed by atoms with Gasteiger partial charge in [-0.25, -0.2) is 0 Å². The van der Waals surface area contributed by atoms with Crippen molar-refractivity contribution >= 4 is 11.9 Å². The minimum absolute atomic E-state index is 0.0337. The molecule has 1 fully saturated rings. The van der Waals surface area contributed by atoms with Crippen molar-refractivity contribution in [2.75, 3.05) is 14.2 Å². The van der Waals surface area contributed by atoms with Gasteiger partial charge in [0.25, 0.3) is 0 Å². The molecule has 6 nitrogen and oxygen atoms in total. The first-order valence-corrected chi connectivity index (χ1v) is 7.72. The van der Waals surface area contributed by atoms with Crippen LogP contribution in [0.4, 0.5) is 0 Å². The Bertz CT molecular complexity index is 578. The number of hydrogen-bond donors (Lipinski definition) is 2. The molecule has 1 amide bonds. The minimum atomic E-state index is -0.883. The second-order valence-electron chi connectivity index (χ2n) is 5.96. The number of amides is 1. The number of rotatable bonds is 7. The quantitative estimate of drug-likeness (QED) is 0.804. The van der Waals surface area contributed by atoms with Crippen LogP contribution in [0.3, 0.4) is 0 Å². The molecule has 0 bridgehead atoms. The van der Waals surface area contributed by atoms with Gasteiger partial charge < -0.3 is 19.9 Å². The molecule has 0 radical (unpaired) electrons. The summed E-state index contributed by atoms with van der Waals surface area (Å²) in [5.41, 5.74) is 0.0995. The highest BCUT2D eigenvalue weighted by molar-refractivity contribution is 5.81. The second-order valence-corrected chi connectivity index (χ2v) is 5.96. The van der Waals surface area contributed by atoms with E-state index in [1.54, 1.807) is 32.4 Å². The van der Waals surface area contributed by atoms with Gasteiger partial charge in [-0.2, -0.15) is 0 Å². The van der Waals surface area contributed by atoms with Crippen LogP contribution < -0.4 is 14.8 Å². The summed E-state index contributed by atoms with van der Waals surface area (Å²) in [5.74, 6) is 0.181. The lowest BCUT2D eigenvalue weighted by molar-refractivity contribution is -0.139. The van der Waals surface area contributed by atoms with Crippen LogP contribution in [0.2, 0.25) is 0 Å². The lowest BCUT2D eigenvalue weighted by Gasteiger charge is -2.28. The summed E-state index contributed by atoms with van der Waals surface area (Å²) >= 11 is 0. The molecule has 2 rings (SSSR count). The fraction of sp³-hybridized carbons (Fsp3) is 0.529. The van der Waals surface area contributed by atoms with Gasteiger partial charge in [0.1, 0.15) is 11.5 Å². The molecule has 23 heavy (non-hydrogen) atoms. The zero-order valence-electron chi connectivity index (χ0n) is 13.6. The Hall–Kier alpha value is -2.24. The van der Waals surface area contributed by atoms with Gasteiger partial charge in [0.05, 0.1) is 32.6 Å². The predicted octanol–water partition coefficient (Wildman–Crippen LogP) is 2.15. The Labute approximate surface area is 135 Å². The lowest BCUT2D eigenvalue weighted by Crippen LogP contribution is -2.48. The van der Waals surface area contributed by atoms with Crippen molar-refractivity contribution < 1.29 is 24.2 Å². The zero-order chi connectivity index (χ0) is 16.9. The molecule has 0 atom stereocenters. The highest BCUT2D eigenvalue weighted by Crippen LogP contribution is 2.33. The van der Waals surface area contributed by atoms with E-state index in [0.29, 0.717) is 29.9 Å². The van der Waals surface area contributed by atoms with Gasteiger partial charge in [0.2, 0.25) is 5.91 Å². The zero-order valence-corrected chi connectivity index (χ0v) is 13.6. The topological polar surface area (TPSA) is 84.9 Å². The van der Waals surface area contributed by atoms with E-state index in [-0.39, 0.29) is 18.7 Å². The predicted molar refractivity (Wildman–Crippen MR) is 84.8 cm³/mol. The minimum Gasteiger partial charge on any atom is -0.497 e. The molecule has 0 heterocycles. The van der Waals surface area contributed by atoms with Gasteiger partial charge in [-0.1, -0.05) is 12.8 Å². The fourth-order valence-corrected chi connectivity index (χ4v) is 3.22. The standard InChI is InChI=1S/C17H23NO5/c1-22-13-5-6-14(23-2)12(9-13)10-15(19)18-17(11-16(20)21)7-3-4-8-17/h5-6,9H,3-4,7-8,10-11H2,1-2H3,(H,18,19)(H,20,21). The first-order chi connectivity index (χ1) is 11.0. The molecule has 2 N–H and O–H groups in total. The summed E-state index contributed by atoms with van der Waals surface area (Å²) in [4.78, 5) is 23.5. The lowest BCUT2D eigenvalue weighted by atomic mass is 9.92. The molecule has 126 valence electrons. The number of aliphatic carboxylic acids is 1. The average Bonchev–Trinajstić information content (AvgIpc) is 2.93. The van der Waals surface area contributed by atoms with Crippen molar-refractivity contribution in [1.29, 1.82) is 0 Å². The van der Waals surface area contributed by atoms with Crippen molar-refractivity contribution in [3.8, 4) is 11.5 Å². The third-order valence-electron chi connectivity index (χ3n) is 4.29. The number of benzene rings is 1. The molecule has 1 aromatic carbocycles. The van der Waals surface area contributed by atoms with Crippen LogP contribution in [0.5, 0.6) is 11.5 Å². The third-order valence-corrected chi connectivity index (χ3v) is 4.29. The molecule has 0 aliphatic heterocycles. The molecule has 1 aliphatic carbocycles. The molecule has 1 saturated carbocycles.